The largest absolute Gasteiger partial charge is 0.317 e. The first-order valence-corrected chi connectivity index (χ1v) is 10.7. The van der Waals surface area contributed by atoms with E-state index < -0.39 is 20.6 Å². The highest BCUT2D eigenvalue weighted by Crippen LogP contribution is 2.31. The van der Waals surface area contributed by atoms with Crippen LogP contribution in [0.5, 0.6) is 0 Å². The molecule has 0 atom stereocenters. The topological polar surface area (TPSA) is 146 Å². The second kappa shape index (κ2) is 7.08. The lowest BCUT2D eigenvalue weighted by molar-refractivity contribution is -0.384. The molecule has 0 unspecified atom stereocenters. The van der Waals surface area contributed by atoms with Gasteiger partial charge >= 0.3 is 0 Å². The summed E-state index contributed by atoms with van der Waals surface area (Å²) in [4.78, 5) is 15.2. The van der Waals surface area contributed by atoms with E-state index in [4.69, 9.17) is 16.7 Å². The van der Waals surface area contributed by atoms with Gasteiger partial charge < -0.3 is 5.32 Å². The summed E-state index contributed by atoms with van der Waals surface area (Å²) in [5.41, 5.74) is 1.23. The molecule has 148 valence electrons. The summed E-state index contributed by atoms with van der Waals surface area (Å²) in [5.74, 6) is 0.124. The Bertz CT molecular complexity index is 1350. The molecule has 0 amide bonds. The van der Waals surface area contributed by atoms with Crippen molar-refractivity contribution in [3.63, 3.8) is 0 Å². The molecule has 0 aliphatic rings. The van der Waals surface area contributed by atoms with Gasteiger partial charge in [-0.15, -0.1) is 16.4 Å². The monoisotopic (exact) mass is 450 g/mol. The quantitative estimate of drug-likeness (QED) is 0.350. The minimum atomic E-state index is -4.07. The molecule has 0 radical (unpaired) electrons. The molecule has 0 saturated carbocycles. The van der Waals surface area contributed by atoms with Crippen LogP contribution in [-0.2, 0) is 10.0 Å². The number of nitrogens with two attached hydrogens (primary N) is 1. The first-order chi connectivity index (χ1) is 13.7. The molecule has 0 fully saturated rings. The van der Waals surface area contributed by atoms with Crippen molar-refractivity contribution >= 4 is 55.2 Å². The number of thiazole rings is 1. The Labute approximate surface area is 172 Å². The molecule has 0 aliphatic carbocycles. The zero-order valence-corrected chi connectivity index (χ0v) is 16.7. The van der Waals surface area contributed by atoms with Gasteiger partial charge in [-0.2, -0.15) is 4.98 Å². The van der Waals surface area contributed by atoms with Crippen LogP contribution in [0.15, 0.2) is 52.7 Å². The first-order valence-electron chi connectivity index (χ1n) is 7.91. The van der Waals surface area contributed by atoms with Crippen molar-refractivity contribution in [2.24, 2.45) is 5.14 Å². The van der Waals surface area contributed by atoms with Crippen molar-refractivity contribution < 1.29 is 13.3 Å². The number of hydrogen-bond donors (Lipinski definition) is 2. The number of anilines is 2. The molecule has 0 saturated heterocycles. The third-order valence-electron chi connectivity index (χ3n) is 3.96. The maximum Gasteiger partial charge on any atom is 0.294 e. The Balaban J connectivity index is 1.72. The van der Waals surface area contributed by atoms with Crippen LogP contribution < -0.4 is 10.5 Å². The number of fused-ring (bicyclic) bond motifs is 1. The highest BCUT2D eigenvalue weighted by atomic mass is 35.5. The van der Waals surface area contributed by atoms with Crippen molar-refractivity contribution in [1.82, 2.24) is 14.6 Å². The molecule has 0 aliphatic heterocycles. The van der Waals surface area contributed by atoms with Crippen LogP contribution in [0.4, 0.5) is 17.3 Å². The van der Waals surface area contributed by atoms with Crippen LogP contribution in [0.3, 0.4) is 0 Å². The summed E-state index contributed by atoms with van der Waals surface area (Å²) < 4.78 is 24.5. The Morgan fingerprint density at radius 2 is 1.93 bits per heavy atom. The number of hydrogen-bond acceptors (Lipinski definition) is 8. The maximum atomic E-state index is 11.5. The highest BCUT2D eigenvalue weighted by Gasteiger charge is 2.21. The average molecular weight is 451 g/mol. The second-order valence-electron chi connectivity index (χ2n) is 5.86. The van der Waals surface area contributed by atoms with Crippen molar-refractivity contribution in [3.05, 3.63) is 63.0 Å². The number of nitro groups is 1. The van der Waals surface area contributed by atoms with Crippen molar-refractivity contribution in [3.8, 4) is 11.3 Å². The smallest absolute Gasteiger partial charge is 0.294 e. The average Bonchev–Trinajstić information content (AvgIpc) is 3.22. The Hall–Kier alpha value is -3.06. The molecule has 29 heavy (non-hydrogen) atoms. The lowest BCUT2D eigenvalue weighted by Crippen LogP contribution is -2.12. The maximum absolute atomic E-state index is 11.5. The van der Waals surface area contributed by atoms with Gasteiger partial charge in [-0.3, -0.25) is 10.1 Å². The fraction of sp³-hybridized carbons (Fsp3) is 0. The van der Waals surface area contributed by atoms with Crippen LogP contribution in [0.1, 0.15) is 0 Å². The molecule has 0 bridgehead atoms. The Kier molecular flexibility index (Phi) is 4.70. The lowest BCUT2D eigenvalue weighted by Gasteiger charge is -2.05. The predicted molar refractivity (Wildman–Crippen MR) is 109 cm³/mol. The van der Waals surface area contributed by atoms with Crippen LogP contribution in [-0.4, -0.2) is 27.9 Å². The normalized spacial score (nSPS) is 11.7. The zero-order chi connectivity index (χ0) is 20.8. The van der Waals surface area contributed by atoms with Gasteiger partial charge in [0.15, 0.2) is 0 Å². The molecule has 13 heteroatoms. The van der Waals surface area contributed by atoms with E-state index in [9.17, 15) is 18.5 Å². The minimum Gasteiger partial charge on any atom is -0.317 e. The van der Waals surface area contributed by atoms with Gasteiger partial charge in [0.1, 0.15) is 5.69 Å². The van der Waals surface area contributed by atoms with Crippen LogP contribution in [0, 0.1) is 10.1 Å². The van der Waals surface area contributed by atoms with Gasteiger partial charge in [0.05, 0.1) is 15.5 Å². The molecule has 2 aromatic carbocycles. The molecule has 2 heterocycles. The van der Waals surface area contributed by atoms with Crippen LogP contribution >= 0.6 is 22.9 Å². The van der Waals surface area contributed by atoms with E-state index in [-0.39, 0.29) is 16.5 Å². The Morgan fingerprint density at radius 3 is 2.59 bits per heavy atom. The molecule has 10 nitrogen and oxygen atoms in total. The fourth-order valence-electron chi connectivity index (χ4n) is 2.62. The molecule has 4 aromatic rings. The Morgan fingerprint density at radius 1 is 1.21 bits per heavy atom. The third kappa shape index (κ3) is 3.78. The summed E-state index contributed by atoms with van der Waals surface area (Å²) in [6, 6.07) is 10.5. The number of sulfonamides is 1. The molecular formula is C16H11ClN6O4S2. The van der Waals surface area contributed by atoms with E-state index in [1.807, 2.05) is 17.5 Å². The van der Waals surface area contributed by atoms with Gasteiger partial charge in [0.25, 0.3) is 5.69 Å². The van der Waals surface area contributed by atoms with E-state index in [0.29, 0.717) is 9.98 Å². The van der Waals surface area contributed by atoms with Crippen molar-refractivity contribution in [2.45, 2.75) is 4.90 Å². The summed E-state index contributed by atoms with van der Waals surface area (Å²) >= 11 is 7.27. The number of nitrogens with zero attached hydrogens (tertiary/aromatic N) is 4. The standard InChI is InChI=1S/C16H11ClN6O4S2/c17-10-3-1-9(2-4-10)14-8-28-16-20-15(21-22(14)16)19-12-6-5-11(29(18,26)27)7-13(12)23(24)25/h1-8H,(H,19,21)(H2,18,26,27). The van der Waals surface area contributed by atoms with Gasteiger partial charge in [-0.25, -0.2) is 18.1 Å². The number of rotatable bonds is 5. The highest BCUT2D eigenvalue weighted by molar-refractivity contribution is 7.89. The van der Waals surface area contributed by atoms with Gasteiger partial charge in [-0.1, -0.05) is 23.7 Å². The summed E-state index contributed by atoms with van der Waals surface area (Å²) in [6.45, 7) is 0. The molecule has 3 N–H and O–H groups in total. The zero-order valence-electron chi connectivity index (χ0n) is 14.3. The number of primary sulfonamides is 1. The number of halogens is 1. The van der Waals surface area contributed by atoms with Crippen molar-refractivity contribution in [1.29, 1.82) is 0 Å². The fourth-order valence-corrected chi connectivity index (χ4v) is 4.11. The second-order valence-corrected chi connectivity index (χ2v) is 8.70. The third-order valence-corrected chi connectivity index (χ3v) is 5.94. The predicted octanol–water partition coefficient (Wildman–Crippen LogP) is 3.41. The van der Waals surface area contributed by atoms with Crippen molar-refractivity contribution in [2.75, 3.05) is 5.32 Å². The first kappa shape index (κ1) is 19.3. The molecule has 2 aromatic heterocycles. The summed E-state index contributed by atoms with van der Waals surface area (Å²) in [6.07, 6.45) is 0. The van der Waals surface area contributed by atoms with E-state index >= 15 is 0 Å². The molecule has 0 spiro atoms. The lowest BCUT2D eigenvalue weighted by atomic mass is 10.2. The molecular weight excluding hydrogens is 440 g/mol. The number of aromatic nitrogens is 3. The number of benzene rings is 2. The van der Waals surface area contributed by atoms with Crippen LogP contribution in [0.2, 0.25) is 5.02 Å². The van der Waals surface area contributed by atoms with Gasteiger partial charge in [-0.05, 0) is 24.3 Å². The minimum absolute atomic E-state index is 0.0358. The summed E-state index contributed by atoms with van der Waals surface area (Å²) in [5, 5.41) is 26.0. The van der Waals surface area contributed by atoms with Gasteiger partial charge in [0, 0.05) is 22.0 Å². The number of nitrogens with one attached hydrogen (secondary N) is 1. The summed E-state index contributed by atoms with van der Waals surface area (Å²) in [7, 11) is -4.07. The molecule has 4 rings (SSSR count). The van der Waals surface area contributed by atoms with E-state index in [1.54, 1.807) is 16.6 Å². The number of nitro benzene ring substituents is 1. The SMILES string of the molecule is NS(=O)(=O)c1ccc(Nc2nc3scc(-c4ccc(Cl)cc4)n3n2)c([N+](=O)[O-])c1. The van der Waals surface area contributed by atoms with E-state index in [1.165, 1.54) is 23.5 Å². The van der Waals surface area contributed by atoms with E-state index in [0.717, 1.165) is 17.3 Å². The van der Waals surface area contributed by atoms with Gasteiger partial charge in [0.2, 0.25) is 20.9 Å². The van der Waals surface area contributed by atoms with E-state index in [2.05, 4.69) is 15.4 Å². The van der Waals surface area contributed by atoms with Crippen LogP contribution in [0.25, 0.3) is 16.2 Å².